The van der Waals surface area contributed by atoms with Crippen molar-refractivity contribution in [1.29, 1.82) is 0 Å². The van der Waals surface area contributed by atoms with Gasteiger partial charge in [0.25, 0.3) is 11.6 Å². The smallest absolute Gasteiger partial charge is 0.274 e. The summed E-state index contributed by atoms with van der Waals surface area (Å²) in [5.41, 5.74) is -0.722. The molecule has 1 aromatic carbocycles. The van der Waals surface area contributed by atoms with Gasteiger partial charge in [-0.25, -0.2) is 0 Å². The molecule has 0 aliphatic carbocycles. The van der Waals surface area contributed by atoms with Gasteiger partial charge in [-0.2, -0.15) is 0 Å². The second kappa shape index (κ2) is 5.34. The number of phenols is 1. The van der Waals surface area contributed by atoms with Crippen LogP contribution >= 0.6 is 0 Å². The van der Waals surface area contributed by atoms with Gasteiger partial charge in [0.15, 0.2) is 0 Å². The summed E-state index contributed by atoms with van der Waals surface area (Å²) in [6.07, 6.45) is 0. The van der Waals surface area contributed by atoms with Crippen molar-refractivity contribution in [2.45, 2.75) is 6.92 Å². The number of rotatable bonds is 3. The number of hydrogen-bond donors (Lipinski definition) is 2. The molecule has 0 radical (unpaired) electrons. The van der Waals surface area contributed by atoms with Crippen LogP contribution in [0.4, 0.5) is 11.4 Å². The van der Waals surface area contributed by atoms with Crippen molar-refractivity contribution in [2.24, 2.45) is 0 Å². The second-order valence-corrected chi connectivity index (χ2v) is 4.03. The highest BCUT2D eigenvalue weighted by Crippen LogP contribution is 2.33. The number of anilines is 1. The van der Waals surface area contributed by atoms with E-state index in [-0.39, 0.29) is 11.3 Å². The molecule has 0 aliphatic rings. The summed E-state index contributed by atoms with van der Waals surface area (Å²) < 4.78 is 0. The molecule has 19 heavy (non-hydrogen) atoms. The Kier molecular flexibility index (Phi) is 4.05. The summed E-state index contributed by atoms with van der Waals surface area (Å²) in [5.74, 6) is -1.60. The summed E-state index contributed by atoms with van der Waals surface area (Å²) in [6.45, 7) is 1.20. The van der Waals surface area contributed by atoms with E-state index >= 15 is 0 Å². The third kappa shape index (κ3) is 3.18. The van der Waals surface area contributed by atoms with Crippen LogP contribution in [0.1, 0.15) is 17.3 Å². The van der Waals surface area contributed by atoms with Gasteiger partial charge in [0.1, 0.15) is 5.75 Å². The Morgan fingerprint density at radius 1 is 1.37 bits per heavy atom. The minimum Gasteiger partial charge on any atom is -0.505 e. The molecule has 0 unspecified atom stereocenters. The molecule has 0 aliphatic heterocycles. The fourth-order valence-corrected chi connectivity index (χ4v) is 1.43. The van der Waals surface area contributed by atoms with Crippen molar-refractivity contribution >= 4 is 23.2 Å². The predicted molar refractivity (Wildman–Crippen MR) is 67.1 cm³/mol. The Morgan fingerprint density at radius 2 is 1.95 bits per heavy atom. The first kappa shape index (κ1) is 14.4. The molecule has 0 saturated carbocycles. The monoisotopic (exact) mass is 267 g/mol. The molecular weight excluding hydrogens is 254 g/mol. The summed E-state index contributed by atoms with van der Waals surface area (Å²) in [7, 11) is 2.91. The highest BCUT2D eigenvalue weighted by atomic mass is 16.6. The molecule has 0 spiro atoms. The molecule has 1 aromatic rings. The van der Waals surface area contributed by atoms with Gasteiger partial charge >= 0.3 is 0 Å². The molecular formula is C11H13N3O5. The van der Waals surface area contributed by atoms with Crippen molar-refractivity contribution in [2.75, 3.05) is 19.4 Å². The SMILES string of the molecule is CC(=O)Nc1c(O)cc([N+](=O)[O-])cc1C(=O)N(C)C. The number of aromatic hydroxyl groups is 1. The molecule has 102 valence electrons. The molecule has 0 bridgehead atoms. The number of benzene rings is 1. The lowest BCUT2D eigenvalue weighted by molar-refractivity contribution is -0.384. The Hall–Kier alpha value is -2.64. The summed E-state index contributed by atoms with van der Waals surface area (Å²) in [6, 6.07) is 1.88. The van der Waals surface area contributed by atoms with E-state index in [4.69, 9.17) is 0 Å². The van der Waals surface area contributed by atoms with Gasteiger partial charge in [-0.3, -0.25) is 19.7 Å². The maximum absolute atomic E-state index is 11.9. The van der Waals surface area contributed by atoms with Crippen LogP contribution in [0, 0.1) is 10.1 Å². The number of nitrogens with one attached hydrogen (secondary N) is 1. The van der Waals surface area contributed by atoms with Crippen molar-refractivity contribution in [3.63, 3.8) is 0 Å². The number of amides is 2. The van der Waals surface area contributed by atoms with Crippen LogP contribution in [0.5, 0.6) is 5.75 Å². The number of phenolic OH excluding ortho intramolecular Hbond substituents is 1. The number of hydrogen-bond acceptors (Lipinski definition) is 5. The second-order valence-electron chi connectivity index (χ2n) is 4.03. The quantitative estimate of drug-likeness (QED) is 0.481. The average Bonchev–Trinajstić information content (AvgIpc) is 2.29. The van der Waals surface area contributed by atoms with Crippen molar-refractivity contribution in [3.8, 4) is 5.75 Å². The average molecular weight is 267 g/mol. The fourth-order valence-electron chi connectivity index (χ4n) is 1.43. The van der Waals surface area contributed by atoms with E-state index < -0.39 is 28.2 Å². The number of carbonyl (C=O) groups is 2. The molecule has 1 rings (SSSR count). The van der Waals surface area contributed by atoms with Crippen LogP contribution < -0.4 is 5.32 Å². The first-order valence-electron chi connectivity index (χ1n) is 5.24. The maximum atomic E-state index is 11.9. The lowest BCUT2D eigenvalue weighted by atomic mass is 10.1. The van der Waals surface area contributed by atoms with E-state index in [0.29, 0.717) is 0 Å². The Morgan fingerprint density at radius 3 is 2.37 bits per heavy atom. The van der Waals surface area contributed by atoms with Crippen molar-refractivity contribution in [3.05, 3.63) is 27.8 Å². The van der Waals surface area contributed by atoms with E-state index in [0.717, 1.165) is 12.1 Å². The van der Waals surface area contributed by atoms with Crippen molar-refractivity contribution < 1.29 is 19.6 Å². The van der Waals surface area contributed by atoms with Gasteiger partial charge in [0.05, 0.1) is 22.2 Å². The largest absolute Gasteiger partial charge is 0.505 e. The van der Waals surface area contributed by atoms with Crippen LogP contribution in [0.3, 0.4) is 0 Å². The molecule has 0 atom stereocenters. The minimum absolute atomic E-state index is 0.142. The minimum atomic E-state index is -0.732. The fraction of sp³-hybridized carbons (Fsp3) is 0.273. The Balaban J connectivity index is 3.48. The Labute approximate surface area is 108 Å². The van der Waals surface area contributed by atoms with Crippen LogP contribution in [0.25, 0.3) is 0 Å². The molecule has 2 N–H and O–H groups in total. The zero-order valence-electron chi connectivity index (χ0n) is 10.6. The van der Waals surface area contributed by atoms with E-state index in [9.17, 15) is 24.8 Å². The highest BCUT2D eigenvalue weighted by Gasteiger charge is 2.22. The molecule has 8 heteroatoms. The molecule has 8 nitrogen and oxygen atoms in total. The lowest BCUT2D eigenvalue weighted by Crippen LogP contribution is -2.23. The summed E-state index contributed by atoms with van der Waals surface area (Å²) in [4.78, 5) is 34.1. The van der Waals surface area contributed by atoms with Gasteiger partial charge in [0.2, 0.25) is 5.91 Å². The first-order valence-corrected chi connectivity index (χ1v) is 5.24. The third-order valence-corrected chi connectivity index (χ3v) is 2.25. The van der Waals surface area contributed by atoms with E-state index in [1.165, 1.54) is 25.9 Å². The summed E-state index contributed by atoms with van der Waals surface area (Å²) >= 11 is 0. The number of nitro benzene ring substituents is 1. The maximum Gasteiger partial charge on any atom is 0.274 e. The van der Waals surface area contributed by atoms with Crippen LogP contribution in [0.15, 0.2) is 12.1 Å². The van der Waals surface area contributed by atoms with Gasteiger partial charge in [-0.15, -0.1) is 0 Å². The predicted octanol–water partition coefficient (Wildman–Crippen LogP) is 0.961. The zero-order valence-corrected chi connectivity index (χ0v) is 10.6. The van der Waals surface area contributed by atoms with Crippen LogP contribution in [-0.2, 0) is 4.79 Å². The van der Waals surface area contributed by atoms with Crippen molar-refractivity contribution in [1.82, 2.24) is 4.90 Å². The van der Waals surface area contributed by atoms with Crippen LogP contribution in [-0.4, -0.2) is 40.8 Å². The van der Waals surface area contributed by atoms with Gasteiger partial charge in [-0.05, 0) is 0 Å². The standard InChI is InChI=1S/C11H13N3O5/c1-6(15)12-10-8(11(17)13(2)3)4-7(14(18)19)5-9(10)16/h4-5,16H,1-3H3,(H,12,15). The Bertz CT molecular complexity index is 554. The number of carbonyl (C=O) groups excluding carboxylic acids is 2. The topological polar surface area (TPSA) is 113 Å². The van der Waals surface area contributed by atoms with E-state index in [2.05, 4.69) is 5.32 Å². The van der Waals surface area contributed by atoms with E-state index in [1.807, 2.05) is 0 Å². The molecule has 0 fully saturated rings. The third-order valence-electron chi connectivity index (χ3n) is 2.25. The zero-order chi connectivity index (χ0) is 14.7. The normalized spacial score (nSPS) is 9.84. The van der Waals surface area contributed by atoms with Gasteiger partial charge < -0.3 is 15.3 Å². The molecule has 0 saturated heterocycles. The van der Waals surface area contributed by atoms with E-state index in [1.54, 1.807) is 0 Å². The number of nitro groups is 1. The lowest BCUT2D eigenvalue weighted by Gasteiger charge is -2.15. The van der Waals surface area contributed by atoms with Gasteiger partial charge in [0, 0.05) is 27.1 Å². The highest BCUT2D eigenvalue weighted by molar-refractivity contribution is 6.05. The summed E-state index contributed by atoms with van der Waals surface area (Å²) in [5, 5.41) is 22.7. The van der Waals surface area contributed by atoms with Crippen LogP contribution in [0.2, 0.25) is 0 Å². The number of non-ortho nitro benzene ring substituents is 1. The molecule has 0 aromatic heterocycles. The first-order chi connectivity index (χ1) is 8.73. The number of nitrogens with zero attached hydrogens (tertiary/aromatic N) is 2. The molecule has 0 heterocycles. The van der Waals surface area contributed by atoms with Gasteiger partial charge in [-0.1, -0.05) is 0 Å². The molecule has 2 amide bonds.